The maximum absolute atomic E-state index is 13.2. The zero-order valence-corrected chi connectivity index (χ0v) is 20.3. The third-order valence-electron chi connectivity index (χ3n) is 6.39. The van der Waals surface area contributed by atoms with Gasteiger partial charge >= 0.3 is 0 Å². The zero-order chi connectivity index (χ0) is 23.4. The summed E-state index contributed by atoms with van der Waals surface area (Å²) < 4.78 is 32.5. The van der Waals surface area contributed by atoms with E-state index in [2.05, 4.69) is 9.88 Å². The number of sulfonamides is 1. The van der Waals surface area contributed by atoms with E-state index in [1.165, 1.54) is 16.6 Å². The SMILES string of the molecule is COc1ccc(N2CCCN(C(=O)C3CCN(S(=O)(=O)c4cccnc4Cl)CC3)CC2)cc1. The maximum atomic E-state index is 13.2. The summed E-state index contributed by atoms with van der Waals surface area (Å²) in [5.74, 6) is 0.793. The van der Waals surface area contributed by atoms with Gasteiger partial charge in [-0.25, -0.2) is 13.4 Å². The van der Waals surface area contributed by atoms with Crippen molar-refractivity contribution in [1.82, 2.24) is 14.2 Å². The lowest BCUT2D eigenvalue weighted by Crippen LogP contribution is -2.45. The monoisotopic (exact) mass is 492 g/mol. The Morgan fingerprint density at radius 3 is 2.42 bits per heavy atom. The number of pyridine rings is 1. The summed E-state index contributed by atoms with van der Waals surface area (Å²) in [7, 11) is -2.07. The fourth-order valence-electron chi connectivity index (χ4n) is 4.49. The highest BCUT2D eigenvalue weighted by atomic mass is 35.5. The van der Waals surface area contributed by atoms with Gasteiger partial charge < -0.3 is 14.5 Å². The van der Waals surface area contributed by atoms with Crippen molar-refractivity contribution in [2.24, 2.45) is 5.92 Å². The topological polar surface area (TPSA) is 83.0 Å². The molecule has 0 N–H and O–H groups in total. The van der Waals surface area contributed by atoms with E-state index in [1.807, 2.05) is 29.2 Å². The Hall–Kier alpha value is -2.36. The first-order chi connectivity index (χ1) is 15.9. The molecule has 178 valence electrons. The van der Waals surface area contributed by atoms with Crippen molar-refractivity contribution in [2.45, 2.75) is 24.2 Å². The number of amides is 1. The quantitative estimate of drug-likeness (QED) is 0.597. The minimum Gasteiger partial charge on any atom is -0.497 e. The van der Waals surface area contributed by atoms with Gasteiger partial charge in [-0.3, -0.25) is 4.79 Å². The van der Waals surface area contributed by atoms with Gasteiger partial charge in [-0.2, -0.15) is 4.31 Å². The number of carbonyl (C=O) groups excluding carboxylic acids is 1. The van der Waals surface area contributed by atoms with Crippen LogP contribution in [0.2, 0.25) is 5.15 Å². The molecule has 0 saturated carbocycles. The molecule has 10 heteroatoms. The summed E-state index contributed by atoms with van der Waals surface area (Å²) in [6.45, 7) is 3.64. The Balaban J connectivity index is 1.33. The van der Waals surface area contributed by atoms with Crippen LogP contribution in [0.25, 0.3) is 0 Å². The van der Waals surface area contributed by atoms with Gasteiger partial charge in [0.25, 0.3) is 0 Å². The van der Waals surface area contributed by atoms with Gasteiger partial charge in [0.15, 0.2) is 0 Å². The lowest BCUT2D eigenvalue weighted by Gasteiger charge is -2.33. The Morgan fingerprint density at radius 1 is 1.03 bits per heavy atom. The fraction of sp³-hybridized carbons (Fsp3) is 0.478. The number of ether oxygens (including phenoxy) is 1. The van der Waals surface area contributed by atoms with Crippen LogP contribution in [0.1, 0.15) is 19.3 Å². The number of rotatable bonds is 5. The lowest BCUT2D eigenvalue weighted by molar-refractivity contribution is -0.136. The molecule has 0 unspecified atom stereocenters. The predicted molar refractivity (Wildman–Crippen MR) is 127 cm³/mol. The minimum absolute atomic E-state index is 0.0163. The smallest absolute Gasteiger partial charge is 0.246 e. The number of anilines is 1. The Labute approximate surface area is 200 Å². The second kappa shape index (κ2) is 10.3. The van der Waals surface area contributed by atoms with Crippen LogP contribution >= 0.6 is 11.6 Å². The van der Waals surface area contributed by atoms with Gasteiger partial charge in [0.1, 0.15) is 15.8 Å². The first-order valence-corrected chi connectivity index (χ1v) is 13.0. The summed E-state index contributed by atoms with van der Waals surface area (Å²) in [5, 5.41) is -0.0262. The summed E-state index contributed by atoms with van der Waals surface area (Å²) >= 11 is 6.01. The Kier molecular flexibility index (Phi) is 7.41. The second-order valence-corrected chi connectivity index (χ2v) is 10.6. The number of benzene rings is 1. The van der Waals surface area contributed by atoms with Gasteiger partial charge in [0, 0.05) is 57.1 Å². The number of hydrogen-bond acceptors (Lipinski definition) is 6. The van der Waals surface area contributed by atoms with Crippen LogP contribution in [0.15, 0.2) is 47.5 Å². The van der Waals surface area contributed by atoms with Crippen molar-refractivity contribution in [2.75, 3.05) is 51.3 Å². The van der Waals surface area contributed by atoms with Crippen LogP contribution in [0.4, 0.5) is 5.69 Å². The maximum Gasteiger partial charge on any atom is 0.246 e. The van der Waals surface area contributed by atoms with E-state index in [9.17, 15) is 13.2 Å². The van der Waals surface area contributed by atoms with Crippen LogP contribution < -0.4 is 9.64 Å². The highest BCUT2D eigenvalue weighted by Crippen LogP contribution is 2.28. The van der Waals surface area contributed by atoms with Gasteiger partial charge in [-0.05, 0) is 55.7 Å². The number of halogens is 1. The molecule has 2 aliphatic rings. The van der Waals surface area contributed by atoms with Crippen molar-refractivity contribution in [3.8, 4) is 5.75 Å². The molecule has 2 aromatic rings. The molecule has 0 radical (unpaired) electrons. The summed E-state index contributed by atoms with van der Waals surface area (Å²) in [4.78, 5) is 21.3. The molecule has 2 saturated heterocycles. The van der Waals surface area contributed by atoms with Crippen molar-refractivity contribution >= 4 is 33.2 Å². The van der Waals surface area contributed by atoms with E-state index >= 15 is 0 Å². The molecular weight excluding hydrogens is 464 g/mol. The van der Waals surface area contributed by atoms with Crippen LogP contribution in [-0.4, -0.2) is 74.9 Å². The molecule has 8 nitrogen and oxygen atoms in total. The molecular formula is C23H29ClN4O4S. The highest BCUT2D eigenvalue weighted by molar-refractivity contribution is 7.89. The lowest BCUT2D eigenvalue weighted by atomic mass is 9.96. The molecule has 3 heterocycles. The van der Waals surface area contributed by atoms with E-state index in [1.54, 1.807) is 13.2 Å². The molecule has 2 fully saturated rings. The number of hydrogen-bond donors (Lipinski definition) is 0. The summed E-state index contributed by atoms with van der Waals surface area (Å²) in [5.41, 5.74) is 1.12. The largest absolute Gasteiger partial charge is 0.497 e. The predicted octanol–water partition coefficient (Wildman–Crippen LogP) is 2.88. The van der Waals surface area contributed by atoms with Gasteiger partial charge in [-0.1, -0.05) is 11.6 Å². The number of carbonyl (C=O) groups is 1. The van der Waals surface area contributed by atoms with E-state index < -0.39 is 10.0 Å². The van der Waals surface area contributed by atoms with Gasteiger partial charge in [0.2, 0.25) is 15.9 Å². The molecule has 1 aromatic carbocycles. The fourth-order valence-corrected chi connectivity index (χ4v) is 6.39. The van der Waals surface area contributed by atoms with Crippen LogP contribution in [0.5, 0.6) is 5.75 Å². The van der Waals surface area contributed by atoms with Crippen molar-refractivity contribution < 1.29 is 17.9 Å². The molecule has 4 rings (SSSR count). The normalized spacial score (nSPS) is 18.7. The van der Waals surface area contributed by atoms with Crippen molar-refractivity contribution in [3.05, 3.63) is 47.7 Å². The molecule has 0 atom stereocenters. The number of piperidine rings is 1. The molecule has 1 aromatic heterocycles. The van der Waals surface area contributed by atoms with Crippen LogP contribution in [0.3, 0.4) is 0 Å². The third kappa shape index (κ3) is 5.26. The Bertz CT molecular complexity index is 1070. The zero-order valence-electron chi connectivity index (χ0n) is 18.7. The average molecular weight is 493 g/mol. The molecule has 33 heavy (non-hydrogen) atoms. The number of methoxy groups -OCH3 is 1. The molecule has 0 aliphatic carbocycles. The average Bonchev–Trinajstić information content (AvgIpc) is 3.10. The van der Waals surface area contributed by atoms with Crippen molar-refractivity contribution in [1.29, 1.82) is 0 Å². The third-order valence-corrected chi connectivity index (χ3v) is 8.73. The second-order valence-electron chi connectivity index (χ2n) is 8.33. The molecule has 0 bridgehead atoms. The number of aromatic nitrogens is 1. The summed E-state index contributed by atoms with van der Waals surface area (Å²) in [6.07, 6.45) is 3.37. The highest BCUT2D eigenvalue weighted by Gasteiger charge is 2.35. The Morgan fingerprint density at radius 2 is 1.76 bits per heavy atom. The van der Waals surface area contributed by atoms with E-state index in [0.29, 0.717) is 32.5 Å². The standard InChI is InChI=1S/C23H29ClN4O4S/c1-32-20-7-5-19(6-8-20)26-12-3-13-27(17-16-26)23(29)18-9-14-28(15-10-18)33(30,31)21-4-2-11-25-22(21)24/h2,4-8,11,18H,3,9-10,12-17H2,1H3. The first-order valence-electron chi connectivity index (χ1n) is 11.2. The summed E-state index contributed by atoms with van der Waals surface area (Å²) in [6, 6.07) is 11.0. The van der Waals surface area contributed by atoms with Crippen molar-refractivity contribution in [3.63, 3.8) is 0 Å². The first kappa shape index (κ1) is 23.8. The van der Waals surface area contributed by atoms with Gasteiger partial charge in [-0.15, -0.1) is 0 Å². The van der Waals surface area contributed by atoms with Crippen LogP contribution in [-0.2, 0) is 14.8 Å². The molecule has 2 aliphatic heterocycles. The number of nitrogens with zero attached hydrogens (tertiary/aromatic N) is 4. The van der Waals surface area contributed by atoms with E-state index in [0.717, 1.165) is 37.5 Å². The minimum atomic E-state index is -3.72. The van der Waals surface area contributed by atoms with E-state index in [4.69, 9.17) is 16.3 Å². The van der Waals surface area contributed by atoms with E-state index in [-0.39, 0.29) is 21.9 Å². The van der Waals surface area contributed by atoms with Gasteiger partial charge in [0.05, 0.1) is 7.11 Å². The molecule has 1 amide bonds. The molecule has 0 spiro atoms. The van der Waals surface area contributed by atoms with Crippen LogP contribution in [0, 0.1) is 5.92 Å².